The van der Waals surface area contributed by atoms with E-state index in [0.29, 0.717) is 6.04 Å². The number of rotatable bonds is 4. The second kappa shape index (κ2) is 5.23. The lowest BCUT2D eigenvalue weighted by atomic mass is 9.85. The number of hydrogen-bond donors (Lipinski definition) is 2. The van der Waals surface area contributed by atoms with Crippen LogP contribution in [-0.4, -0.2) is 18.6 Å². The monoisotopic (exact) mass is 234 g/mol. The molecule has 94 valence electrons. The van der Waals surface area contributed by atoms with Gasteiger partial charge in [-0.25, -0.2) is 0 Å². The normalized spacial score (nSPS) is 32.6. The number of furan rings is 1. The molecule has 1 aliphatic carbocycles. The Morgan fingerprint density at radius 2 is 2.29 bits per heavy atom. The lowest BCUT2D eigenvalue weighted by Gasteiger charge is -2.24. The Balaban J connectivity index is 1.41. The number of hydrogen-bond acceptors (Lipinski definition) is 3. The molecule has 2 aliphatic rings. The third kappa shape index (κ3) is 2.72. The van der Waals surface area contributed by atoms with Crippen LogP contribution in [0, 0.1) is 5.92 Å². The highest BCUT2D eigenvalue weighted by atomic mass is 16.3. The molecule has 17 heavy (non-hydrogen) atoms. The molecular weight excluding hydrogens is 212 g/mol. The maximum absolute atomic E-state index is 5.06. The molecule has 3 unspecified atom stereocenters. The van der Waals surface area contributed by atoms with Gasteiger partial charge in [0.1, 0.15) is 0 Å². The van der Waals surface area contributed by atoms with E-state index in [2.05, 4.69) is 10.6 Å². The van der Waals surface area contributed by atoms with Gasteiger partial charge in [0.2, 0.25) is 0 Å². The minimum absolute atomic E-state index is 0.676. The largest absolute Gasteiger partial charge is 0.472 e. The highest BCUT2D eigenvalue weighted by Gasteiger charge is 2.34. The van der Waals surface area contributed by atoms with Gasteiger partial charge in [0, 0.05) is 30.7 Å². The van der Waals surface area contributed by atoms with Crippen molar-refractivity contribution in [3.8, 4) is 0 Å². The molecule has 3 atom stereocenters. The van der Waals surface area contributed by atoms with Gasteiger partial charge in [0.15, 0.2) is 0 Å². The fraction of sp³-hybridized carbons (Fsp3) is 0.714. The van der Waals surface area contributed by atoms with Crippen molar-refractivity contribution in [3.05, 3.63) is 24.2 Å². The van der Waals surface area contributed by atoms with Crippen LogP contribution in [0.15, 0.2) is 23.0 Å². The molecule has 2 N–H and O–H groups in total. The average molecular weight is 234 g/mol. The second-order valence-electron chi connectivity index (χ2n) is 5.51. The third-order valence-corrected chi connectivity index (χ3v) is 4.25. The summed E-state index contributed by atoms with van der Waals surface area (Å²) in [7, 11) is 0. The van der Waals surface area contributed by atoms with Crippen LogP contribution in [0.5, 0.6) is 0 Å². The van der Waals surface area contributed by atoms with E-state index in [1.807, 2.05) is 12.3 Å². The van der Waals surface area contributed by atoms with E-state index >= 15 is 0 Å². The number of fused-ring (bicyclic) bond motifs is 1. The molecule has 0 bridgehead atoms. The SMILES string of the molecule is c1cc(CNCC2CC3CCCCC3N2)co1. The van der Waals surface area contributed by atoms with Crippen molar-refractivity contribution in [2.24, 2.45) is 5.92 Å². The van der Waals surface area contributed by atoms with Crippen LogP contribution in [0.2, 0.25) is 0 Å². The quantitative estimate of drug-likeness (QED) is 0.839. The van der Waals surface area contributed by atoms with E-state index in [-0.39, 0.29) is 0 Å². The maximum Gasteiger partial charge on any atom is 0.0947 e. The predicted octanol–water partition coefficient (Wildman–Crippen LogP) is 2.29. The molecule has 0 radical (unpaired) electrons. The van der Waals surface area contributed by atoms with E-state index in [4.69, 9.17) is 4.42 Å². The summed E-state index contributed by atoms with van der Waals surface area (Å²) < 4.78 is 5.06. The van der Waals surface area contributed by atoms with Crippen LogP contribution in [0.4, 0.5) is 0 Å². The summed E-state index contributed by atoms with van der Waals surface area (Å²) in [6.45, 7) is 2.00. The fourth-order valence-corrected chi connectivity index (χ4v) is 3.37. The summed E-state index contributed by atoms with van der Waals surface area (Å²) in [4.78, 5) is 0. The molecular formula is C14H22N2O. The van der Waals surface area contributed by atoms with E-state index in [1.165, 1.54) is 37.7 Å². The minimum Gasteiger partial charge on any atom is -0.472 e. The smallest absolute Gasteiger partial charge is 0.0947 e. The fourth-order valence-electron chi connectivity index (χ4n) is 3.37. The van der Waals surface area contributed by atoms with Crippen molar-refractivity contribution in [3.63, 3.8) is 0 Å². The Morgan fingerprint density at radius 1 is 1.35 bits per heavy atom. The molecule has 1 aromatic heterocycles. The van der Waals surface area contributed by atoms with Gasteiger partial charge >= 0.3 is 0 Å². The standard InChI is InChI=1S/C14H22N2O/c1-2-4-14-12(3-1)7-13(16-14)9-15-8-11-5-6-17-10-11/h5-6,10,12-16H,1-4,7-9H2. The summed E-state index contributed by atoms with van der Waals surface area (Å²) in [5, 5.41) is 7.30. The van der Waals surface area contributed by atoms with Gasteiger partial charge in [0.25, 0.3) is 0 Å². The molecule has 0 aromatic carbocycles. The van der Waals surface area contributed by atoms with Crippen LogP contribution in [-0.2, 0) is 6.54 Å². The summed E-state index contributed by atoms with van der Waals surface area (Å²) >= 11 is 0. The first-order valence-corrected chi connectivity index (χ1v) is 6.89. The Labute approximate surface area is 103 Å². The molecule has 0 amide bonds. The van der Waals surface area contributed by atoms with Crippen LogP contribution in [0.3, 0.4) is 0 Å². The minimum atomic E-state index is 0.676. The lowest BCUT2D eigenvalue weighted by Crippen LogP contribution is -2.38. The molecule has 0 spiro atoms. The molecule has 3 nitrogen and oxygen atoms in total. The van der Waals surface area contributed by atoms with Crippen molar-refractivity contribution >= 4 is 0 Å². The van der Waals surface area contributed by atoms with Crippen LogP contribution in [0.25, 0.3) is 0 Å². The predicted molar refractivity (Wildman–Crippen MR) is 67.7 cm³/mol. The van der Waals surface area contributed by atoms with E-state index < -0.39 is 0 Å². The average Bonchev–Trinajstić information content (AvgIpc) is 2.96. The first-order valence-electron chi connectivity index (χ1n) is 6.89. The van der Waals surface area contributed by atoms with E-state index in [0.717, 1.165) is 25.0 Å². The summed E-state index contributed by atoms with van der Waals surface area (Å²) in [5.74, 6) is 0.949. The second-order valence-corrected chi connectivity index (χ2v) is 5.51. The molecule has 2 fully saturated rings. The number of nitrogens with one attached hydrogen (secondary N) is 2. The van der Waals surface area contributed by atoms with Gasteiger partial charge in [-0.2, -0.15) is 0 Å². The zero-order valence-electron chi connectivity index (χ0n) is 10.3. The van der Waals surface area contributed by atoms with Crippen molar-refractivity contribution in [2.45, 2.75) is 50.7 Å². The molecule has 2 heterocycles. The molecule has 3 rings (SSSR count). The molecule has 1 aromatic rings. The highest BCUT2D eigenvalue weighted by molar-refractivity contribution is 5.04. The van der Waals surface area contributed by atoms with Gasteiger partial charge in [-0.05, 0) is 31.2 Å². The molecule has 1 saturated heterocycles. The van der Waals surface area contributed by atoms with Gasteiger partial charge in [0.05, 0.1) is 12.5 Å². The summed E-state index contributed by atoms with van der Waals surface area (Å²) in [6, 6.07) is 3.51. The zero-order valence-corrected chi connectivity index (χ0v) is 10.3. The Bertz CT molecular complexity index is 322. The van der Waals surface area contributed by atoms with Crippen molar-refractivity contribution in [1.29, 1.82) is 0 Å². The first kappa shape index (κ1) is 11.3. The summed E-state index contributed by atoms with van der Waals surface area (Å²) in [6.07, 6.45) is 10.6. The van der Waals surface area contributed by atoms with Crippen LogP contribution >= 0.6 is 0 Å². The van der Waals surface area contributed by atoms with Crippen molar-refractivity contribution in [1.82, 2.24) is 10.6 Å². The lowest BCUT2D eigenvalue weighted by molar-refractivity contribution is 0.325. The highest BCUT2D eigenvalue weighted by Crippen LogP contribution is 2.32. The van der Waals surface area contributed by atoms with Gasteiger partial charge in [-0.3, -0.25) is 0 Å². The van der Waals surface area contributed by atoms with E-state index in [1.54, 1.807) is 6.26 Å². The van der Waals surface area contributed by atoms with E-state index in [9.17, 15) is 0 Å². The van der Waals surface area contributed by atoms with Crippen LogP contribution in [0.1, 0.15) is 37.7 Å². The Morgan fingerprint density at radius 3 is 3.12 bits per heavy atom. The molecule has 3 heteroatoms. The molecule has 1 aliphatic heterocycles. The Hall–Kier alpha value is -0.800. The molecule has 1 saturated carbocycles. The van der Waals surface area contributed by atoms with Crippen molar-refractivity contribution < 1.29 is 4.42 Å². The maximum atomic E-state index is 5.06. The third-order valence-electron chi connectivity index (χ3n) is 4.25. The van der Waals surface area contributed by atoms with Gasteiger partial charge in [-0.1, -0.05) is 12.8 Å². The zero-order chi connectivity index (χ0) is 11.5. The first-order chi connectivity index (χ1) is 8.42. The summed E-state index contributed by atoms with van der Waals surface area (Å²) in [5.41, 5.74) is 1.24. The van der Waals surface area contributed by atoms with Crippen molar-refractivity contribution in [2.75, 3.05) is 6.54 Å². The van der Waals surface area contributed by atoms with Crippen LogP contribution < -0.4 is 10.6 Å². The Kier molecular flexibility index (Phi) is 3.48. The topological polar surface area (TPSA) is 37.2 Å². The van der Waals surface area contributed by atoms with Gasteiger partial charge in [-0.15, -0.1) is 0 Å². The van der Waals surface area contributed by atoms with Gasteiger partial charge < -0.3 is 15.1 Å².